The molecule has 0 radical (unpaired) electrons. The van der Waals surface area contributed by atoms with E-state index in [1.165, 1.54) is 6.26 Å². The maximum absolute atomic E-state index is 12.2. The quantitative estimate of drug-likeness (QED) is 0.759. The van der Waals surface area contributed by atoms with E-state index in [-0.39, 0.29) is 11.4 Å². The summed E-state index contributed by atoms with van der Waals surface area (Å²) in [6.45, 7) is 0. The molecule has 20 heavy (non-hydrogen) atoms. The van der Waals surface area contributed by atoms with Gasteiger partial charge in [0.05, 0.1) is 6.26 Å². The van der Waals surface area contributed by atoms with Crippen molar-refractivity contribution in [3.63, 3.8) is 0 Å². The minimum Gasteiger partial charge on any atom is -0.493 e. The molecular weight excluding hydrogens is 280 g/mol. The Balaban J connectivity index is 2.20. The summed E-state index contributed by atoms with van der Waals surface area (Å²) >= 11 is 6.03. The summed E-state index contributed by atoms with van der Waals surface area (Å²) in [6.07, 6.45) is 1.45. The molecular formula is C14H9ClN2O3. The Labute approximate surface area is 118 Å². The van der Waals surface area contributed by atoms with Crippen molar-refractivity contribution >= 4 is 11.6 Å². The van der Waals surface area contributed by atoms with E-state index in [4.69, 9.17) is 16.0 Å². The molecule has 100 valence electrons. The highest BCUT2D eigenvalue weighted by Gasteiger charge is 2.16. The van der Waals surface area contributed by atoms with Crippen molar-refractivity contribution in [2.75, 3.05) is 0 Å². The molecule has 0 aliphatic carbocycles. The molecule has 0 unspecified atom stereocenters. The van der Waals surface area contributed by atoms with Crippen LogP contribution in [0.4, 0.5) is 0 Å². The second-order valence-electron chi connectivity index (χ2n) is 4.07. The third-order valence-corrected chi connectivity index (χ3v) is 3.13. The van der Waals surface area contributed by atoms with E-state index < -0.39 is 11.4 Å². The largest absolute Gasteiger partial charge is 0.493 e. The summed E-state index contributed by atoms with van der Waals surface area (Å²) < 4.78 is 5.13. The molecule has 0 aliphatic rings. The topological polar surface area (TPSA) is 79.1 Å². The number of hydrogen-bond donors (Lipinski definition) is 2. The van der Waals surface area contributed by atoms with Crippen LogP contribution in [-0.2, 0) is 0 Å². The van der Waals surface area contributed by atoms with Crippen molar-refractivity contribution in [3.05, 3.63) is 58.0 Å². The predicted molar refractivity (Wildman–Crippen MR) is 74.7 cm³/mol. The van der Waals surface area contributed by atoms with Gasteiger partial charge in [0.2, 0.25) is 5.88 Å². The standard InChI is InChI=1S/C14H9ClN2O3/c15-9-5-2-1-4-8(9)11-13(18)16-12(17-14(11)19)10-6-3-7-20-10/h1-7H,(H2,16,17,18,19). The third-order valence-electron chi connectivity index (χ3n) is 2.80. The number of rotatable bonds is 2. The minimum absolute atomic E-state index is 0.0332. The smallest absolute Gasteiger partial charge is 0.263 e. The highest BCUT2D eigenvalue weighted by molar-refractivity contribution is 6.33. The van der Waals surface area contributed by atoms with Crippen LogP contribution in [0.1, 0.15) is 0 Å². The van der Waals surface area contributed by atoms with Crippen molar-refractivity contribution in [1.82, 2.24) is 9.97 Å². The van der Waals surface area contributed by atoms with Crippen LogP contribution >= 0.6 is 11.6 Å². The molecule has 0 fully saturated rings. The summed E-state index contributed by atoms with van der Waals surface area (Å²) in [5.41, 5.74) is -0.0330. The third kappa shape index (κ3) is 2.08. The summed E-state index contributed by atoms with van der Waals surface area (Å²) in [6, 6.07) is 10.0. The van der Waals surface area contributed by atoms with Gasteiger partial charge >= 0.3 is 0 Å². The number of aromatic hydroxyl groups is 1. The van der Waals surface area contributed by atoms with Crippen LogP contribution in [0, 0.1) is 0 Å². The molecule has 3 aromatic rings. The molecule has 0 saturated carbocycles. The van der Waals surface area contributed by atoms with Crippen LogP contribution < -0.4 is 5.56 Å². The molecule has 5 nitrogen and oxygen atoms in total. The van der Waals surface area contributed by atoms with Gasteiger partial charge in [0.25, 0.3) is 5.56 Å². The number of benzene rings is 1. The van der Waals surface area contributed by atoms with Crippen LogP contribution in [0.25, 0.3) is 22.7 Å². The van der Waals surface area contributed by atoms with Gasteiger partial charge in [-0.3, -0.25) is 4.79 Å². The second-order valence-corrected chi connectivity index (χ2v) is 4.48. The normalized spacial score (nSPS) is 10.7. The molecule has 2 aromatic heterocycles. The van der Waals surface area contributed by atoms with Crippen LogP contribution in [0.15, 0.2) is 51.9 Å². The van der Waals surface area contributed by atoms with Gasteiger partial charge < -0.3 is 14.5 Å². The Kier molecular flexibility index (Phi) is 3.04. The van der Waals surface area contributed by atoms with Gasteiger partial charge in [-0.2, -0.15) is 4.98 Å². The number of furan rings is 1. The van der Waals surface area contributed by atoms with E-state index >= 15 is 0 Å². The van der Waals surface area contributed by atoms with Gasteiger partial charge in [-0.05, 0) is 18.2 Å². The number of nitrogens with zero attached hydrogens (tertiary/aromatic N) is 1. The monoisotopic (exact) mass is 288 g/mol. The van der Waals surface area contributed by atoms with Gasteiger partial charge in [0.1, 0.15) is 5.56 Å². The Morgan fingerprint density at radius 1 is 1.20 bits per heavy atom. The molecule has 0 bridgehead atoms. The van der Waals surface area contributed by atoms with Gasteiger partial charge in [-0.1, -0.05) is 29.8 Å². The maximum Gasteiger partial charge on any atom is 0.263 e. The van der Waals surface area contributed by atoms with Crippen LogP contribution in [0.5, 0.6) is 5.88 Å². The fourth-order valence-electron chi connectivity index (χ4n) is 1.90. The van der Waals surface area contributed by atoms with E-state index in [0.717, 1.165) is 0 Å². The number of aromatic nitrogens is 2. The first-order chi connectivity index (χ1) is 9.66. The first kappa shape index (κ1) is 12.5. The molecule has 2 heterocycles. The van der Waals surface area contributed by atoms with E-state index in [2.05, 4.69) is 9.97 Å². The van der Waals surface area contributed by atoms with E-state index in [1.54, 1.807) is 36.4 Å². The molecule has 1 aromatic carbocycles. The van der Waals surface area contributed by atoms with Gasteiger partial charge in [-0.15, -0.1) is 0 Å². The van der Waals surface area contributed by atoms with E-state index in [9.17, 15) is 9.90 Å². The lowest BCUT2D eigenvalue weighted by molar-refractivity contribution is 0.452. The lowest BCUT2D eigenvalue weighted by Crippen LogP contribution is -2.12. The lowest BCUT2D eigenvalue weighted by atomic mass is 10.1. The molecule has 0 amide bonds. The summed E-state index contributed by atoms with van der Waals surface area (Å²) in [5.74, 6) is 0.129. The maximum atomic E-state index is 12.2. The summed E-state index contributed by atoms with van der Waals surface area (Å²) in [4.78, 5) is 18.7. The van der Waals surface area contributed by atoms with Crippen LogP contribution in [0.2, 0.25) is 5.02 Å². The zero-order valence-electron chi connectivity index (χ0n) is 10.1. The van der Waals surface area contributed by atoms with Gasteiger partial charge in [-0.25, -0.2) is 0 Å². The van der Waals surface area contributed by atoms with Crippen molar-refractivity contribution in [2.45, 2.75) is 0 Å². The Hall–Kier alpha value is -2.53. The van der Waals surface area contributed by atoms with Crippen molar-refractivity contribution in [1.29, 1.82) is 0 Å². The number of nitrogens with one attached hydrogen (secondary N) is 1. The molecule has 0 atom stereocenters. The lowest BCUT2D eigenvalue weighted by Gasteiger charge is -2.06. The van der Waals surface area contributed by atoms with Gasteiger partial charge in [0.15, 0.2) is 11.6 Å². The van der Waals surface area contributed by atoms with Crippen molar-refractivity contribution in [2.24, 2.45) is 0 Å². The number of H-pyrrole nitrogens is 1. The van der Waals surface area contributed by atoms with Crippen molar-refractivity contribution < 1.29 is 9.52 Å². The average Bonchev–Trinajstić information content (AvgIpc) is 2.94. The number of hydrogen-bond acceptors (Lipinski definition) is 4. The zero-order chi connectivity index (χ0) is 14.1. The highest BCUT2D eigenvalue weighted by Crippen LogP contribution is 2.30. The predicted octanol–water partition coefficient (Wildman–Crippen LogP) is 3.06. The number of halogens is 1. The fraction of sp³-hybridized carbons (Fsp3) is 0. The molecule has 6 heteroatoms. The first-order valence-corrected chi connectivity index (χ1v) is 6.16. The van der Waals surface area contributed by atoms with Crippen LogP contribution in [0.3, 0.4) is 0 Å². The summed E-state index contributed by atoms with van der Waals surface area (Å²) in [5, 5.41) is 10.4. The molecule has 3 rings (SSSR count). The fourth-order valence-corrected chi connectivity index (χ4v) is 2.13. The SMILES string of the molecule is O=c1[nH]c(-c2ccco2)nc(O)c1-c1ccccc1Cl. The number of aromatic amines is 1. The van der Waals surface area contributed by atoms with Gasteiger partial charge in [0, 0.05) is 10.6 Å². The van der Waals surface area contributed by atoms with E-state index in [1.807, 2.05) is 0 Å². The molecule has 0 saturated heterocycles. The average molecular weight is 289 g/mol. The molecule has 0 aliphatic heterocycles. The second kappa shape index (κ2) is 4.86. The summed E-state index contributed by atoms with van der Waals surface area (Å²) in [7, 11) is 0. The zero-order valence-corrected chi connectivity index (χ0v) is 10.9. The highest BCUT2D eigenvalue weighted by atomic mass is 35.5. The Morgan fingerprint density at radius 2 is 2.00 bits per heavy atom. The van der Waals surface area contributed by atoms with E-state index in [0.29, 0.717) is 16.3 Å². The Morgan fingerprint density at radius 3 is 2.65 bits per heavy atom. The van der Waals surface area contributed by atoms with Crippen molar-refractivity contribution in [3.8, 4) is 28.6 Å². The molecule has 2 N–H and O–H groups in total. The van der Waals surface area contributed by atoms with Crippen LogP contribution in [-0.4, -0.2) is 15.1 Å². The first-order valence-electron chi connectivity index (χ1n) is 5.79. The Bertz CT molecular complexity index is 810. The molecule has 0 spiro atoms. The minimum atomic E-state index is -0.489.